The maximum Gasteiger partial charge on any atom is 0.232 e. The molecule has 0 unspecified atom stereocenters. The zero-order valence-electron chi connectivity index (χ0n) is 7.39. The quantitative estimate of drug-likeness (QED) is 0.492. The van der Waals surface area contributed by atoms with Gasteiger partial charge in [-0.1, -0.05) is 19.9 Å². The number of ketones is 1. The van der Waals surface area contributed by atoms with Crippen LogP contribution in [0.1, 0.15) is 26.7 Å². The first kappa shape index (κ1) is 8.97. The Balaban J connectivity index is 2.57. The molecule has 1 N–H and O–H groups in total. The highest BCUT2D eigenvalue weighted by molar-refractivity contribution is 6.14. The Morgan fingerprint density at radius 3 is 2.58 bits per heavy atom. The van der Waals surface area contributed by atoms with E-state index in [1.807, 2.05) is 0 Å². The summed E-state index contributed by atoms with van der Waals surface area (Å²) in [4.78, 5) is 21.8. The van der Waals surface area contributed by atoms with E-state index in [1.54, 1.807) is 6.08 Å². The second kappa shape index (κ2) is 3.52. The van der Waals surface area contributed by atoms with Crippen LogP contribution in [0.3, 0.4) is 0 Å². The maximum atomic E-state index is 11.0. The number of carbonyl (C=O) groups excluding carboxylic acids is 2. The van der Waals surface area contributed by atoms with Gasteiger partial charge in [0.2, 0.25) is 5.91 Å². The second-order valence-corrected chi connectivity index (χ2v) is 3.40. The molecular weight excluding hydrogens is 154 g/mol. The van der Waals surface area contributed by atoms with Crippen LogP contribution in [0.5, 0.6) is 0 Å². The smallest absolute Gasteiger partial charge is 0.232 e. The second-order valence-electron chi connectivity index (χ2n) is 3.40. The third-order valence-corrected chi connectivity index (χ3v) is 1.69. The van der Waals surface area contributed by atoms with Gasteiger partial charge in [-0.05, 0) is 12.3 Å². The molecule has 1 fully saturated rings. The summed E-state index contributed by atoms with van der Waals surface area (Å²) in [7, 11) is 0. The first-order valence-electron chi connectivity index (χ1n) is 4.13. The van der Waals surface area contributed by atoms with Crippen molar-refractivity contribution in [1.29, 1.82) is 0 Å². The van der Waals surface area contributed by atoms with Crippen molar-refractivity contribution in [3.63, 3.8) is 0 Å². The minimum atomic E-state index is -0.185. The molecule has 1 rings (SSSR count). The molecule has 0 aromatic rings. The maximum absolute atomic E-state index is 11.0. The van der Waals surface area contributed by atoms with Gasteiger partial charge in [-0.3, -0.25) is 9.59 Å². The topological polar surface area (TPSA) is 46.2 Å². The molecule has 0 spiro atoms. The summed E-state index contributed by atoms with van der Waals surface area (Å²) in [6.07, 6.45) is 2.66. The molecule has 3 heteroatoms. The average Bonchev–Trinajstić information content (AvgIpc) is 2.26. The summed E-state index contributed by atoms with van der Waals surface area (Å²) in [5.74, 6) is 0.249. The summed E-state index contributed by atoms with van der Waals surface area (Å²) in [6.45, 7) is 4.14. The predicted octanol–water partition coefficient (Wildman–Crippen LogP) is 1.01. The summed E-state index contributed by atoms with van der Waals surface area (Å²) < 4.78 is 0. The summed E-state index contributed by atoms with van der Waals surface area (Å²) in [5.41, 5.74) is 0.480. The number of hydrogen-bond donors (Lipinski definition) is 1. The van der Waals surface area contributed by atoms with Gasteiger partial charge in [0, 0.05) is 0 Å². The molecule has 3 nitrogen and oxygen atoms in total. The Morgan fingerprint density at radius 1 is 1.50 bits per heavy atom. The zero-order chi connectivity index (χ0) is 9.14. The molecule has 0 saturated carbocycles. The molecule has 1 aliphatic rings. The first-order valence-corrected chi connectivity index (χ1v) is 4.13. The Labute approximate surface area is 71.8 Å². The molecule has 0 bridgehead atoms. The van der Waals surface area contributed by atoms with E-state index in [0.717, 1.165) is 6.42 Å². The minimum absolute atomic E-state index is 0.0178. The van der Waals surface area contributed by atoms with Crippen LogP contribution < -0.4 is 5.32 Å². The average molecular weight is 167 g/mol. The summed E-state index contributed by atoms with van der Waals surface area (Å²) in [6, 6.07) is 0. The van der Waals surface area contributed by atoms with Crippen LogP contribution in [0.2, 0.25) is 0 Å². The highest BCUT2D eigenvalue weighted by Gasteiger charge is 2.23. The molecule has 1 saturated heterocycles. The molecule has 1 aliphatic heterocycles. The van der Waals surface area contributed by atoms with Gasteiger partial charge in [-0.25, -0.2) is 0 Å². The van der Waals surface area contributed by atoms with Crippen LogP contribution in [0, 0.1) is 5.92 Å². The van der Waals surface area contributed by atoms with Crippen molar-refractivity contribution in [2.45, 2.75) is 26.7 Å². The Morgan fingerprint density at radius 2 is 2.17 bits per heavy atom. The van der Waals surface area contributed by atoms with E-state index in [0.29, 0.717) is 11.6 Å². The van der Waals surface area contributed by atoms with Gasteiger partial charge < -0.3 is 5.32 Å². The van der Waals surface area contributed by atoms with Crippen LogP contribution in [0.4, 0.5) is 0 Å². The fourth-order valence-corrected chi connectivity index (χ4v) is 1.02. The SMILES string of the molecule is CC(C)CC=C1NC(=O)CC1=O. The van der Waals surface area contributed by atoms with Crippen molar-refractivity contribution in [3.05, 3.63) is 11.8 Å². The van der Waals surface area contributed by atoms with Gasteiger partial charge in [0.05, 0.1) is 12.1 Å². The van der Waals surface area contributed by atoms with Crippen LogP contribution in [-0.4, -0.2) is 11.7 Å². The monoisotopic (exact) mass is 167 g/mol. The lowest BCUT2D eigenvalue weighted by molar-refractivity contribution is -0.121. The van der Waals surface area contributed by atoms with Gasteiger partial charge in [-0.15, -0.1) is 0 Å². The molecule has 12 heavy (non-hydrogen) atoms. The van der Waals surface area contributed by atoms with E-state index in [2.05, 4.69) is 19.2 Å². The van der Waals surface area contributed by atoms with E-state index in [4.69, 9.17) is 0 Å². The molecule has 0 radical (unpaired) electrons. The van der Waals surface area contributed by atoms with Gasteiger partial charge in [-0.2, -0.15) is 0 Å². The highest BCUT2D eigenvalue weighted by atomic mass is 16.2. The van der Waals surface area contributed by atoms with Crippen LogP contribution >= 0.6 is 0 Å². The number of rotatable bonds is 2. The molecule has 0 aromatic heterocycles. The van der Waals surface area contributed by atoms with Crippen molar-refractivity contribution < 1.29 is 9.59 Å². The van der Waals surface area contributed by atoms with Crippen LogP contribution in [0.25, 0.3) is 0 Å². The summed E-state index contributed by atoms with van der Waals surface area (Å²) >= 11 is 0. The molecular formula is C9H13NO2. The van der Waals surface area contributed by atoms with E-state index in [-0.39, 0.29) is 18.1 Å². The van der Waals surface area contributed by atoms with Gasteiger partial charge in [0.1, 0.15) is 0 Å². The van der Waals surface area contributed by atoms with E-state index in [9.17, 15) is 9.59 Å². The van der Waals surface area contributed by atoms with E-state index in [1.165, 1.54) is 0 Å². The molecule has 1 heterocycles. The van der Waals surface area contributed by atoms with Crippen molar-refractivity contribution in [2.24, 2.45) is 5.92 Å². The highest BCUT2D eigenvalue weighted by Crippen LogP contribution is 2.09. The van der Waals surface area contributed by atoms with Crippen LogP contribution in [0.15, 0.2) is 11.8 Å². The van der Waals surface area contributed by atoms with Crippen LogP contribution in [-0.2, 0) is 9.59 Å². The number of nitrogens with one attached hydrogen (secondary N) is 1. The minimum Gasteiger partial charge on any atom is -0.323 e. The van der Waals surface area contributed by atoms with Gasteiger partial charge in [0.25, 0.3) is 0 Å². The summed E-state index contributed by atoms with van der Waals surface area (Å²) in [5, 5.41) is 2.53. The number of allylic oxidation sites excluding steroid dienone is 2. The zero-order valence-corrected chi connectivity index (χ0v) is 7.39. The predicted molar refractivity (Wildman–Crippen MR) is 45.3 cm³/mol. The normalized spacial score (nSPS) is 20.8. The molecule has 66 valence electrons. The standard InChI is InChI=1S/C9H13NO2/c1-6(2)3-4-7-8(11)5-9(12)10-7/h4,6H,3,5H2,1-2H3,(H,10,12). The van der Waals surface area contributed by atoms with Crippen molar-refractivity contribution in [2.75, 3.05) is 0 Å². The lowest BCUT2D eigenvalue weighted by Crippen LogP contribution is -2.12. The fraction of sp³-hybridized carbons (Fsp3) is 0.556. The fourth-order valence-electron chi connectivity index (χ4n) is 1.02. The first-order chi connectivity index (χ1) is 5.59. The van der Waals surface area contributed by atoms with Crippen molar-refractivity contribution in [1.82, 2.24) is 5.32 Å². The van der Waals surface area contributed by atoms with Crippen molar-refractivity contribution >= 4 is 11.7 Å². The Bertz CT molecular complexity index is 241. The van der Waals surface area contributed by atoms with Gasteiger partial charge in [0.15, 0.2) is 5.78 Å². The molecule has 0 atom stereocenters. The molecule has 0 aromatic carbocycles. The lowest BCUT2D eigenvalue weighted by atomic mass is 10.1. The third-order valence-electron chi connectivity index (χ3n) is 1.69. The van der Waals surface area contributed by atoms with Gasteiger partial charge >= 0.3 is 0 Å². The third kappa shape index (κ3) is 2.19. The Hall–Kier alpha value is -1.12. The largest absolute Gasteiger partial charge is 0.323 e. The van der Waals surface area contributed by atoms with Crippen molar-refractivity contribution in [3.8, 4) is 0 Å². The lowest BCUT2D eigenvalue weighted by Gasteiger charge is -1.99. The number of Topliss-reactive ketones (excluding diaryl/α,β-unsaturated/α-hetero) is 1. The number of hydrogen-bond acceptors (Lipinski definition) is 2. The molecule has 1 amide bonds. The number of carbonyl (C=O) groups is 2. The Kier molecular flexibility index (Phi) is 2.63. The van der Waals surface area contributed by atoms with E-state index < -0.39 is 0 Å². The number of amides is 1. The molecule has 0 aliphatic carbocycles. The van der Waals surface area contributed by atoms with E-state index >= 15 is 0 Å².